The van der Waals surface area contributed by atoms with Gasteiger partial charge in [-0.25, -0.2) is 0 Å². The molecule has 124 valence electrons. The maximum atomic E-state index is 11.9. The fourth-order valence-electron chi connectivity index (χ4n) is 2.39. The van der Waals surface area contributed by atoms with E-state index in [2.05, 4.69) is 0 Å². The summed E-state index contributed by atoms with van der Waals surface area (Å²) in [5, 5.41) is 18.0. The Kier molecular flexibility index (Phi) is 8.57. The SMILES string of the molecule is OB(O)c1ccc(CCCCCCCCCC(F)(F)F)cc1. The number of hydrogen-bond donors (Lipinski definition) is 2. The first-order chi connectivity index (χ1) is 10.4. The maximum Gasteiger partial charge on any atom is 0.488 e. The Balaban J connectivity index is 1.99. The largest absolute Gasteiger partial charge is 0.488 e. The fraction of sp³-hybridized carbons (Fsp3) is 0.625. The molecule has 2 nitrogen and oxygen atoms in total. The van der Waals surface area contributed by atoms with Crippen LogP contribution in [-0.2, 0) is 6.42 Å². The highest BCUT2D eigenvalue weighted by Gasteiger charge is 2.25. The van der Waals surface area contributed by atoms with Crippen molar-refractivity contribution in [3.8, 4) is 0 Å². The number of aryl methyl sites for hydroxylation is 1. The average Bonchev–Trinajstić information content (AvgIpc) is 2.45. The molecule has 0 bridgehead atoms. The summed E-state index contributed by atoms with van der Waals surface area (Å²) in [5.74, 6) is 0. The molecule has 0 aromatic heterocycles. The lowest BCUT2D eigenvalue weighted by molar-refractivity contribution is -0.135. The van der Waals surface area contributed by atoms with Crippen molar-refractivity contribution in [1.29, 1.82) is 0 Å². The van der Waals surface area contributed by atoms with Crippen LogP contribution in [0.4, 0.5) is 13.2 Å². The molecular formula is C16H24BF3O2. The van der Waals surface area contributed by atoms with Crippen molar-refractivity contribution in [2.75, 3.05) is 0 Å². The van der Waals surface area contributed by atoms with Crippen LogP contribution in [0.2, 0.25) is 0 Å². The quantitative estimate of drug-likeness (QED) is 0.511. The first kappa shape index (κ1) is 19.0. The summed E-state index contributed by atoms with van der Waals surface area (Å²) in [4.78, 5) is 0. The highest BCUT2D eigenvalue weighted by molar-refractivity contribution is 6.58. The minimum atomic E-state index is -4.01. The van der Waals surface area contributed by atoms with Gasteiger partial charge in [-0.05, 0) is 30.3 Å². The van der Waals surface area contributed by atoms with Crippen molar-refractivity contribution in [3.05, 3.63) is 29.8 Å². The van der Waals surface area contributed by atoms with E-state index in [9.17, 15) is 13.2 Å². The van der Waals surface area contributed by atoms with Crippen molar-refractivity contribution in [3.63, 3.8) is 0 Å². The molecule has 0 atom stereocenters. The summed E-state index contributed by atoms with van der Waals surface area (Å²) >= 11 is 0. The van der Waals surface area contributed by atoms with Gasteiger partial charge in [0.05, 0.1) is 0 Å². The number of unbranched alkanes of at least 4 members (excludes halogenated alkanes) is 6. The standard InChI is InChI=1S/C16H24BF3O2/c18-16(19,20)13-7-5-3-1-2-4-6-8-14-9-11-15(12-10-14)17(21)22/h9-12,21-22H,1-8,13H2. The van der Waals surface area contributed by atoms with Crippen LogP contribution in [0.3, 0.4) is 0 Å². The van der Waals surface area contributed by atoms with Crippen molar-refractivity contribution in [2.24, 2.45) is 0 Å². The Labute approximate surface area is 130 Å². The van der Waals surface area contributed by atoms with Crippen LogP contribution in [0.15, 0.2) is 24.3 Å². The normalized spacial score (nSPS) is 11.7. The van der Waals surface area contributed by atoms with Crippen LogP contribution in [0.5, 0.6) is 0 Å². The van der Waals surface area contributed by atoms with Crippen molar-refractivity contribution >= 4 is 12.6 Å². The zero-order valence-electron chi connectivity index (χ0n) is 12.8. The van der Waals surface area contributed by atoms with Crippen LogP contribution in [0.1, 0.15) is 56.9 Å². The van der Waals surface area contributed by atoms with Gasteiger partial charge >= 0.3 is 13.3 Å². The van der Waals surface area contributed by atoms with Gasteiger partial charge < -0.3 is 10.0 Å². The van der Waals surface area contributed by atoms with E-state index in [1.807, 2.05) is 12.1 Å². The van der Waals surface area contributed by atoms with Crippen LogP contribution >= 0.6 is 0 Å². The summed E-state index contributed by atoms with van der Waals surface area (Å²) in [6.07, 6.45) is 2.21. The first-order valence-corrected chi connectivity index (χ1v) is 7.90. The van der Waals surface area contributed by atoms with E-state index >= 15 is 0 Å². The van der Waals surface area contributed by atoms with E-state index in [4.69, 9.17) is 10.0 Å². The molecule has 0 unspecified atom stereocenters. The third-order valence-electron chi connectivity index (χ3n) is 3.70. The predicted octanol–water partition coefficient (Wildman–Crippen LogP) is 3.59. The van der Waals surface area contributed by atoms with Gasteiger partial charge in [0.15, 0.2) is 0 Å². The molecule has 0 amide bonds. The Morgan fingerprint density at radius 1 is 0.773 bits per heavy atom. The van der Waals surface area contributed by atoms with Gasteiger partial charge in [-0.1, -0.05) is 56.4 Å². The number of hydrogen-bond acceptors (Lipinski definition) is 2. The van der Waals surface area contributed by atoms with Gasteiger partial charge in [0.25, 0.3) is 0 Å². The van der Waals surface area contributed by atoms with Crippen molar-refractivity contribution < 1.29 is 23.2 Å². The van der Waals surface area contributed by atoms with Gasteiger partial charge in [-0.3, -0.25) is 0 Å². The number of halogens is 3. The topological polar surface area (TPSA) is 40.5 Å². The van der Waals surface area contributed by atoms with E-state index in [1.54, 1.807) is 12.1 Å². The van der Waals surface area contributed by atoms with E-state index < -0.39 is 19.7 Å². The van der Waals surface area contributed by atoms with E-state index in [1.165, 1.54) is 0 Å². The molecule has 0 fully saturated rings. The molecule has 0 aliphatic rings. The summed E-state index contributed by atoms with van der Waals surface area (Å²) < 4.78 is 35.8. The molecule has 6 heteroatoms. The summed E-state index contributed by atoms with van der Waals surface area (Å²) in [7, 11) is -1.42. The Morgan fingerprint density at radius 2 is 1.27 bits per heavy atom. The third kappa shape index (κ3) is 9.10. The zero-order chi connectivity index (χ0) is 16.4. The molecule has 2 N–H and O–H groups in total. The lowest BCUT2D eigenvalue weighted by atomic mass is 9.80. The molecule has 0 radical (unpaired) electrons. The van der Waals surface area contributed by atoms with Gasteiger partial charge in [0.2, 0.25) is 0 Å². The fourth-order valence-corrected chi connectivity index (χ4v) is 2.39. The van der Waals surface area contributed by atoms with Gasteiger partial charge in [0.1, 0.15) is 0 Å². The highest BCUT2D eigenvalue weighted by atomic mass is 19.4. The summed E-state index contributed by atoms with van der Waals surface area (Å²) in [6, 6.07) is 7.21. The van der Waals surface area contributed by atoms with Gasteiger partial charge in [0, 0.05) is 6.42 Å². The second kappa shape index (κ2) is 9.90. The average molecular weight is 316 g/mol. The number of alkyl halides is 3. The molecule has 0 spiro atoms. The smallest absolute Gasteiger partial charge is 0.423 e. The van der Waals surface area contributed by atoms with Crippen LogP contribution < -0.4 is 5.46 Å². The lowest BCUT2D eigenvalue weighted by Gasteiger charge is -2.06. The molecule has 1 rings (SSSR count). The second-order valence-corrected chi connectivity index (χ2v) is 5.71. The molecule has 0 heterocycles. The van der Waals surface area contributed by atoms with Gasteiger partial charge in [-0.15, -0.1) is 0 Å². The van der Waals surface area contributed by atoms with Crippen LogP contribution in [0, 0.1) is 0 Å². The third-order valence-corrected chi connectivity index (χ3v) is 3.70. The number of rotatable bonds is 10. The molecule has 0 aliphatic carbocycles. The minimum absolute atomic E-state index is 0.243. The highest BCUT2D eigenvalue weighted by Crippen LogP contribution is 2.23. The van der Waals surface area contributed by atoms with Gasteiger partial charge in [-0.2, -0.15) is 13.2 Å². The molecule has 1 aromatic carbocycles. The number of benzene rings is 1. The minimum Gasteiger partial charge on any atom is -0.423 e. The summed E-state index contributed by atoms with van der Waals surface area (Å²) in [6.45, 7) is 0. The Morgan fingerprint density at radius 3 is 1.77 bits per heavy atom. The van der Waals surface area contributed by atoms with Crippen molar-refractivity contribution in [1.82, 2.24) is 0 Å². The molecule has 0 aliphatic heterocycles. The Hall–Kier alpha value is -1.01. The molecular weight excluding hydrogens is 292 g/mol. The predicted molar refractivity (Wildman–Crippen MR) is 83.0 cm³/mol. The zero-order valence-corrected chi connectivity index (χ0v) is 12.8. The van der Waals surface area contributed by atoms with E-state index in [0.717, 1.165) is 44.1 Å². The summed E-state index contributed by atoms with van der Waals surface area (Å²) in [5.41, 5.74) is 1.65. The Bertz CT molecular complexity index is 405. The molecule has 1 aromatic rings. The monoisotopic (exact) mass is 316 g/mol. The maximum absolute atomic E-state index is 11.9. The van der Waals surface area contributed by atoms with E-state index in [-0.39, 0.29) is 6.42 Å². The van der Waals surface area contributed by atoms with Crippen LogP contribution in [-0.4, -0.2) is 23.3 Å². The van der Waals surface area contributed by atoms with E-state index in [0.29, 0.717) is 11.9 Å². The van der Waals surface area contributed by atoms with Crippen molar-refractivity contribution in [2.45, 2.75) is 64.0 Å². The van der Waals surface area contributed by atoms with Crippen LogP contribution in [0.25, 0.3) is 0 Å². The first-order valence-electron chi connectivity index (χ1n) is 7.90. The second-order valence-electron chi connectivity index (χ2n) is 5.71. The molecule has 0 saturated heterocycles. The lowest BCUT2D eigenvalue weighted by Crippen LogP contribution is -2.29. The molecule has 22 heavy (non-hydrogen) atoms. The molecule has 0 saturated carbocycles.